The normalized spacial score (nSPS) is 11.1. The van der Waals surface area contributed by atoms with E-state index in [1.807, 2.05) is 47.0 Å². The van der Waals surface area contributed by atoms with Crippen LogP contribution >= 0.6 is 23.2 Å². The first kappa shape index (κ1) is 20.2. The van der Waals surface area contributed by atoms with E-state index in [2.05, 4.69) is 15.6 Å². The molecule has 0 aliphatic rings. The van der Waals surface area contributed by atoms with Crippen molar-refractivity contribution in [3.05, 3.63) is 94.0 Å². The fraction of sp³-hybridized carbons (Fsp3) is 0.0435. The van der Waals surface area contributed by atoms with E-state index < -0.39 is 0 Å². The third-order valence-electron chi connectivity index (χ3n) is 4.95. The van der Waals surface area contributed by atoms with E-state index in [9.17, 15) is 4.79 Å². The summed E-state index contributed by atoms with van der Waals surface area (Å²) in [4.78, 5) is 17.4. The first-order valence-corrected chi connectivity index (χ1v) is 10.4. The minimum atomic E-state index is -0.324. The molecule has 3 aromatic carbocycles. The summed E-state index contributed by atoms with van der Waals surface area (Å²) in [6.45, 7) is 0.450. The van der Waals surface area contributed by atoms with E-state index in [0.717, 1.165) is 16.6 Å². The Kier molecular flexibility index (Phi) is 5.34. The fourth-order valence-electron chi connectivity index (χ4n) is 3.42. The van der Waals surface area contributed by atoms with E-state index >= 15 is 0 Å². The van der Waals surface area contributed by atoms with Crippen molar-refractivity contribution < 1.29 is 9.42 Å². The van der Waals surface area contributed by atoms with Crippen LogP contribution in [0.1, 0.15) is 15.9 Å². The number of anilines is 1. The lowest BCUT2D eigenvalue weighted by atomic mass is 10.2. The van der Waals surface area contributed by atoms with Crippen molar-refractivity contribution in [3.8, 4) is 11.5 Å². The summed E-state index contributed by atoms with van der Waals surface area (Å²) in [5, 5.41) is 11.6. The van der Waals surface area contributed by atoms with E-state index in [4.69, 9.17) is 32.8 Å². The van der Waals surface area contributed by atoms with E-state index in [1.54, 1.807) is 30.3 Å². The number of fused-ring (bicyclic) bond motifs is 1. The number of aromatic nitrogens is 4. The number of amides is 1. The van der Waals surface area contributed by atoms with Crippen molar-refractivity contribution in [2.45, 2.75) is 6.54 Å². The second-order valence-corrected chi connectivity index (χ2v) is 7.85. The molecule has 0 radical (unpaired) electrons. The van der Waals surface area contributed by atoms with Crippen LogP contribution < -0.4 is 5.32 Å². The van der Waals surface area contributed by atoms with Crippen molar-refractivity contribution >= 4 is 46.0 Å². The Morgan fingerprint density at radius 2 is 1.72 bits per heavy atom. The summed E-state index contributed by atoms with van der Waals surface area (Å²) in [6, 6.07) is 22.0. The van der Waals surface area contributed by atoms with Crippen LogP contribution in [-0.4, -0.2) is 25.8 Å². The Labute approximate surface area is 192 Å². The Morgan fingerprint density at radius 3 is 2.53 bits per heavy atom. The molecular weight excluding hydrogens is 449 g/mol. The fourth-order valence-corrected chi connectivity index (χ4v) is 3.74. The van der Waals surface area contributed by atoms with Crippen molar-refractivity contribution in [2.24, 2.45) is 0 Å². The molecule has 0 bridgehead atoms. The van der Waals surface area contributed by atoms with Crippen LogP contribution in [0.2, 0.25) is 10.0 Å². The van der Waals surface area contributed by atoms with Gasteiger partial charge in [-0.05, 0) is 52.3 Å². The molecule has 158 valence electrons. The molecule has 0 aliphatic carbocycles. The molecular formula is C23H15Cl2N5O2. The van der Waals surface area contributed by atoms with E-state index in [0.29, 0.717) is 33.7 Å². The molecule has 0 aliphatic heterocycles. The molecule has 0 saturated heterocycles. The standard InChI is InChI=1S/C23H15Cl2N5O2/c24-16-11-10-14(12-17(16)25)13-30-19-9-5-4-8-18(19)26-22(30)20-21(29-32-28-20)27-23(31)15-6-2-1-3-7-15/h1-12H,13H2,(H,27,29,31). The number of hydrogen-bond acceptors (Lipinski definition) is 5. The van der Waals surface area contributed by atoms with Gasteiger partial charge >= 0.3 is 0 Å². The molecule has 1 amide bonds. The maximum absolute atomic E-state index is 12.6. The molecule has 5 aromatic rings. The summed E-state index contributed by atoms with van der Waals surface area (Å²) < 4.78 is 6.93. The number of halogens is 2. The van der Waals surface area contributed by atoms with Crippen LogP contribution in [-0.2, 0) is 6.54 Å². The van der Waals surface area contributed by atoms with E-state index in [-0.39, 0.29) is 11.7 Å². The van der Waals surface area contributed by atoms with Gasteiger partial charge in [-0.1, -0.05) is 59.6 Å². The zero-order chi connectivity index (χ0) is 22.1. The molecule has 9 heteroatoms. The first-order valence-electron chi connectivity index (χ1n) is 9.68. The minimum Gasteiger partial charge on any atom is -0.318 e. The first-order chi connectivity index (χ1) is 15.6. The molecule has 0 spiro atoms. The Bertz CT molecular complexity index is 1430. The van der Waals surface area contributed by atoms with Crippen molar-refractivity contribution in [3.63, 3.8) is 0 Å². The summed E-state index contributed by atoms with van der Waals surface area (Å²) in [5.74, 6) is 0.362. The quantitative estimate of drug-likeness (QED) is 0.361. The summed E-state index contributed by atoms with van der Waals surface area (Å²) in [7, 11) is 0. The number of nitrogens with zero attached hydrogens (tertiary/aromatic N) is 4. The lowest BCUT2D eigenvalue weighted by Crippen LogP contribution is -2.13. The maximum atomic E-state index is 12.6. The second-order valence-electron chi connectivity index (χ2n) is 7.04. The largest absolute Gasteiger partial charge is 0.318 e. The van der Waals surface area contributed by atoms with Gasteiger partial charge in [0.25, 0.3) is 5.91 Å². The Morgan fingerprint density at radius 1 is 0.938 bits per heavy atom. The summed E-state index contributed by atoms with van der Waals surface area (Å²) in [6.07, 6.45) is 0. The molecule has 7 nitrogen and oxygen atoms in total. The lowest BCUT2D eigenvalue weighted by Gasteiger charge is -2.10. The second kappa shape index (κ2) is 8.45. The number of hydrogen-bond donors (Lipinski definition) is 1. The molecule has 0 saturated carbocycles. The zero-order valence-corrected chi connectivity index (χ0v) is 18.0. The number of carbonyl (C=O) groups is 1. The Balaban J connectivity index is 1.57. The molecule has 32 heavy (non-hydrogen) atoms. The van der Waals surface area contributed by atoms with Gasteiger partial charge in [0, 0.05) is 12.1 Å². The molecule has 0 atom stereocenters. The predicted molar refractivity (Wildman–Crippen MR) is 123 cm³/mol. The van der Waals surface area contributed by atoms with Crippen molar-refractivity contribution in [1.82, 2.24) is 19.9 Å². The smallest absolute Gasteiger partial charge is 0.256 e. The predicted octanol–water partition coefficient (Wildman–Crippen LogP) is 5.69. The van der Waals surface area contributed by atoms with E-state index in [1.165, 1.54) is 0 Å². The van der Waals surface area contributed by atoms with Gasteiger partial charge in [0.05, 0.1) is 21.1 Å². The molecule has 0 unspecified atom stereocenters. The highest BCUT2D eigenvalue weighted by molar-refractivity contribution is 6.42. The molecule has 5 rings (SSSR count). The highest BCUT2D eigenvalue weighted by Gasteiger charge is 2.22. The maximum Gasteiger partial charge on any atom is 0.256 e. The van der Waals surface area contributed by atoms with Gasteiger partial charge < -0.3 is 9.88 Å². The van der Waals surface area contributed by atoms with Gasteiger partial charge in [-0.15, -0.1) is 0 Å². The van der Waals surface area contributed by atoms with Gasteiger partial charge in [-0.2, -0.15) is 0 Å². The lowest BCUT2D eigenvalue weighted by molar-refractivity contribution is 0.102. The third kappa shape index (κ3) is 3.84. The molecule has 1 N–H and O–H groups in total. The number of imidazole rings is 1. The van der Waals surface area contributed by atoms with Crippen LogP contribution in [0.4, 0.5) is 5.82 Å². The Hall–Kier alpha value is -3.68. The van der Waals surface area contributed by atoms with Crippen LogP contribution in [0.5, 0.6) is 0 Å². The van der Waals surface area contributed by atoms with Crippen LogP contribution in [0.3, 0.4) is 0 Å². The van der Waals surface area contributed by atoms with Gasteiger partial charge in [-0.25, -0.2) is 9.61 Å². The van der Waals surface area contributed by atoms with Crippen LogP contribution in [0.15, 0.2) is 77.4 Å². The number of rotatable bonds is 5. The summed E-state index contributed by atoms with van der Waals surface area (Å²) >= 11 is 12.3. The van der Waals surface area contributed by atoms with Crippen LogP contribution in [0.25, 0.3) is 22.6 Å². The summed E-state index contributed by atoms with van der Waals surface area (Å²) in [5.41, 5.74) is 3.40. The topological polar surface area (TPSA) is 85.8 Å². The van der Waals surface area contributed by atoms with Crippen molar-refractivity contribution in [2.75, 3.05) is 5.32 Å². The molecule has 0 fully saturated rings. The highest BCUT2D eigenvalue weighted by atomic mass is 35.5. The third-order valence-corrected chi connectivity index (χ3v) is 5.69. The van der Waals surface area contributed by atoms with Crippen LogP contribution in [0, 0.1) is 0 Å². The average Bonchev–Trinajstić information content (AvgIpc) is 3.41. The number of para-hydroxylation sites is 2. The zero-order valence-electron chi connectivity index (χ0n) is 16.5. The molecule has 2 aromatic heterocycles. The average molecular weight is 464 g/mol. The van der Waals surface area contributed by atoms with Gasteiger partial charge in [0.1, 0.15) is 0 Å². The van der Waals surface area contributed by atoms with Gasteiger partial charge in [0.15, 0.2) is 11.5 Å². The highest BCUT2D eigenvalue weighted by Crippen LogP contribution is 2.30. The number of benzene rings is 3. The molecule has 2 heterocycles. The monoisotopic (exact) mass is 463 g/mol. The SMILES string of the molecule is O=C(Nc1nonc1-c1nc2ccccc2n1Cc1ccc(Cl)c(Cl)c1)c1ccccc1. The van der Waals surface area contributed by atoms with Gasteiger partial charge in [0.2, 0.25) is 5.82 Å². The minimum absolute atomic E-state index is 0.185. The number of carbonyl (C=O) groups excluding carboxylic acids is 1. The number of nitrogens with one attached hydrogen (secondary N) is 1. The van der Waals surface area contributed by atoms with Crippen molar-refractivity contribution in [1.29, 1.82) is 0 Å². The van der Waals surface area contributed by atoms with Gasteiger partial charge in [-0.3, -0.25) is 4.79 Å².